The second kappa shape index (κ2) is 6.40. The highest BCUT2D eigenvalue weighted by Crippen LogP contribution is 2.16. The van der Waals surface area contributed by atoms with Crippen LogP contribution in [-0.4, -0.2) is 24.7 Å². The van der Waals surface area contributed by atoms with Crippen molar-refractivity contribution in [3.63, 3.8) is 0 Å². The number of nitrogens with one attached hydrogen (secondary N) is 1. The molecule has 3 heteroatoms. The molecule has 1 rings (SSSR count). The van der Waals surface area contributed by atoms with Gasteiger partial charge in [0.1, 0.15) is 11.9 Å². The number of likely N-dealkylation sites (N-methyl/N-ethyl adjacent to an activating group) is 1. The molecule has 0 bridgehead atoms. The van der Waals surface area contributed by atoms with Crippen molar-refractivity contribution in [1.82, 2.24) is 10.3 Å². The van der Waals surface area contributed by atoms with Crippen LogP contribution in [0.2, 0.25) is 0 Å². The Morgan fingerprint density at radius 1 is 1.53 bits per heavy atom. The minimum atomic E-state index is 0.239. The van der Waals surface area contributed by atoms with E-state index in [9.17, 15) is 0 Å². The van der Waals surface area contributed by atoms with E-state index in [1.807, 2.05) is 26.1 Å². The standard InChI is InChI=1S/C12H20N2O/c1-4-6-11(9-13-3)15-12-7-5-8-14-10(12)2/h5,7-8,11,13H,4,6,9H2,1-3H3. The van der Waals surface area contributed by atoms with E-state index in [4.69, 9.17) is 4.74 Å². The summed E-state index contributed by atoms with van der Waals surface area (Å²) in [4.78, 5) is 4.21. The first-order valence-electron chi connectivity index (χ1n) is 5.50. The lowest BCUT2D eigenvalue weighted by Gasteiger charge is -2.19. The Bertz CT molecular complexity index is 283. The number of hydrogen-bond donors (Lipinski definition) is 1. The molecule has 0 aliphatic carbocycles. The summed E-state index contributed by atoms with van der Waals surface area (Å²) in [6.45, 7) is 5.02. The van der Waals surface area contributed by atoms with Crippen LogP contribution in [0, 0.1) is 6.92 Å². The highest BCUT2D eigenvalue weighted by molar-refractivity contribution is 5.25. The topological polar surface area (TPSA) is 34.1 Å². The fourth-order valence-electron chi connectivity index (χ4n) is 1.53. The van der Waals surface area contributed by atoms with Crippen molar-refractivity contribution in [2.24, 2.45) is 0 Å². The second-order valence-corrected chi connectivity index (χ2v) is 3.67. The van der Waals surface area contributed by atoms with E-state index in [0.29, 0.717) is 0 Å². The maximum atomic E-state index is 5.90. The van der Waals surface area contributed by atoms with Crippen molar-refractivity contribution >= 4 is 0 Å². The molecule has 1 aromatic rings. The highest BCUT2D eigenvalue weighted by atomic mass is 16.5. The molecule has 1 N–H and O–H groups in total. The zero-order valence-corrected chi connectivity index (χ0v) is 9.79. The van der Waals surface area contributed by atoms with Gasteiger partial charge in [0.15, 0.2) is 0 Å². The van der Waals surface area contributed by atoms with Gasteiger partial charge in [-0.25, -0.2) is 0 Å². The molecular weight excluding hydrogens is 188 g/mol. The van der Waals surface area contributed by atoms with E-state index in [1.165, 1.54) is 0 Å². The fraction of sp³-hybridized carbons (Fsp3) is 0.583. The van der Waals surface area contributed by atoms with Gasteiger partial charge < -0.3 is 10.1 Å². The molecule has 3 nitrogen and oxygen atoms in total. The first-order valence-corrected chi connectivity index (χ1v) is 5.50. The van der Waals surface area contributed by atoms with Crippen molar-refractivity contribution in [3.8, 4) is 5.75 Å². The third kappa shape index (κ3) is 3.88. The van der Waals surface area contributed by atoms with Crippen LogP contribution in [0.5, 0.6) is 5.75 Å². The van der Waals surface area contributed by atoms with Crippen LogP contribution in [0.15, 0.2) is 18.3 Å². The molecule has 0 fully saturated rings. The molecule has 0 aliphatic heterocycles. The second-order valence-electron chi connectivity index (χ2n) is 3.67. The summed E-state index contributed by atoms with van der Waals surface area (Å²) in [6.07, 6.45) is 4.22. The summed E-state index contributed by atoms with van der Waals surface area (Å²) in [6, 6.07) is 3.88. The largest absolute Gasteiger partial charge is 0.487 e. The molecule has 0 amide bonds. The lowest BCUT2D eigenvalue weighted by molar-refractivity contribution is 0.187. The SMILES string of the molecule is CCCC(CNC)Oc1cccnc1C. The van der Waals surface area contributed by atoms with E-state index in [2.05, 4.69) is 17.2 Å². The number of aryl methyl sites for hydroxylation is 1. The Labute approximate surface area is 91.9 Å². The summed E-state index contributed by atoms with van der Waals surface area (Å²) in [5.74, 6) is 0.895. The Hall–Kier alpha value is -1.09. The molecule has 15 heavy (non-hydrogen) atoms. The minimum absolute atomic E-state index is 0.239. The maximum Gasteiger partial charge on any atom is 0.140 e. The van der Waals surface area contributed by atoms with Crippen molar-refractivity contribution in [1.29, 1.82) is 0 Å². The third-order valence-corrected chi connectivity index (χ3v) is 2.29. The molecular formula is C12H20N2O. The van der Waals surface area contributed by atoms with Crippen molar-refractivity contribution < 1.29 is 4.74 Å². The number of aromatic nitrogens is 1. The van der Waals surface area contributed by atoms with E-state index < -0.39 is 0 Å². The zero-order chi connectivity index (χ0) is 11.1. The number of pyridine rings is 1. The Kier molecular flexibility index (Phi) is 5.12. The maximum absolute atomic E-state index is 5.90. The van der Waals surface area contributed by atoms with Crippen LogP contribution < -0.4 is 10.1 Å². The number of hydrogen-bond acceptors (Lipinski definition) is 3. The van der Waals surface area contributed by atoms with Crippen LogP contribution >= 0.6 is 0 Å². The Morgan fingerprint density at radius 2 is 2.33 bits per heavy atom. The van der Waals surface area contributed by atoms with Crippen LogP contribution in [0.4, 0.5) is 0 Å². The Balaban J connectivity index is 2.60. The van der Waals surface area contributed by atoms with Gasteiger partial charge in [-0.05, 0) is 32.5 Å². The minimum Gasteiger partial charge on any atom is -0.487 e. The molecule has 0 spiro atoms. The van der Waals surface area contributed by atoms with Crippen LogP contribution in [0.3, 0.4) is 0 Å². The molecule has 84 valence electrons. The predicted molar refractivity (Wildman–Crippen MR) is 62.2 cm³/mol. The Morgan fingerprint density at radius 3 is 2.93 bits per heavy atom. The van der Waals surface area contributed by atoms with Crippen LogP contribution in [-0.2, 0) is 0 Å². The van der Waals surface area contributed by atoms with Crippen molar-refractivity contribution in [3.05, 3.63) is 24.0 Å². The molecule has 0 aliphatic rings. The predicted octanol–water partition coefficient (Wildman–Crippen LogP) is 2.16. The average Bonchev–Trinajstić information content (AvgIpc) is 2.22. The van der Waals surface area contributed by atoms with Crippen LogP contribution in [0.1, 0.15) is 25.5 Å². The summed E-state index contributed by atoms with van der Waals surface area (Å²) >= 11 is 0. The van der Waals surface area contributed by atoms with Gasteiger partial charge in [0.2, 0.25) is 0 Å². The zero-order valence-electron chi connectivity index (χ0n) is 9.79. The molecule has 0 saturated heterocycles. The van der Waals surface area contributed by atoms with Crippen LogP contribution in [0.25, 0.3) is 0 Å². The molecule has 1 aromatic heterocycles. The monoisotopic (exact) mass is 208 g/mol. The molecule has 1 atom stereocenters. The highest BCUT2D eigenvalue weighted by Gasteiger charge is 2.09. The summed E-state index contributed by atoms with van der Waals surface area (Å²) < 4.78 is 5.90. The van der Waals surface area contributed by atoms with Crippen molar-refractivity contribution in [2.45, 2.75) is 32.8 Å². The molecule has 0 radical (unpaired) electrons. The molecule has 0 saturated carbocycles. The number of rotatable bonds is 6. The van der Waals surface area contributed by atoms with E-state index in [0.717, 1.165) is 30.8 Å². The normalized spacial score (nSPS) is 12.5. The lowest BCUT2D eigenvalue weighted by atomic mass is 10.2. The third-order valence-electron chi connectivity index (χ3n) is 2.29. The molecule has 0 aromatic carbocycles. The van der Waals surface area contributed by atoms with Crippen molar-refractivity contribution in [2.75, 3.05) is 13.6 Å². The van der Waals surface area contributed by atoms with Gasteiger partial charge in [0.05, 0.1) is 5.69 Å². The van der Waals surface area contributed by atoms with E-state index >= 15 is 0 Å². The first kappa shape index (κ1) is 12.0. The van der Waals surface area contributed by atoms with Gasteiger partial charge in [0, 0.05) is 12.7 Å². The summed E-state index contributed by atoms with van der Waals surface area (Å²) in [5, 5.41) is 3.15. The van der Waals surface area contributed by atoms with Gasteiger partial charge >= 0.3 is 0 Å². The molecule has 1 heterocycles. The van der Waals surface area contributed by atoms with E-state index in [-0.39, 0.29) is 6.10 Å². The van der Waals surface area contributed by atoms with Gasteiger partial charge in [-0.2, -0.15) is 0 Å². The summed E-state index contributed by atoms with van der Waals surface area (Å²) in [7, 11) is 1.95. The van der Waals surface area contributed by atoms with Gasteiger partial charge in [0.25, 0.3) is 0 Å². The number of nitrogens with zero attached hydrogens (tertiary/aromatic N) is 1. The average molecular weight is 208 g/mol. The van der Waals surface area contributed by atoms with Gasteiger partial charge in [-0.15, -0.1) is 0 Å². The first-order chi connectivity index (χ1) is 7.27. The van der Waals surface area contributed by atoms with Gasteiger partial charge in [-0.1, -0.05) is 13.3 Å². The quantitative estimate of drug-likeness (QED) is 0.778. The van der Waals surface area contributed by atoms with Gasteiger partial charge in [-0.3, -0.25) is 4.98 Å². The lowest BCUT2D eigenvalue weighted by Crippen LogP contribution is -2.29. The van der Waals surface area contributed by atoms with E-state index in [1.54, 1.807) is 6.20 Å². The summed E-state index contributed by atoms with van der Waals surface area (Å²) in [5.41, 5.74) is 0.953. The smallest absolute Gasteiger partial charge is 0.140 e. The molecule has 1 unspecified atom stereocenters. The number of ether oxygens (including phenoxy) is 1. The fourth-order valence-corrected chi connectivity index (χ4v) is 1.53.